The number of aliphatic hydroxyl groups is 1. The van der Waals surface area contributed by atoms with Crippen LogP contribution in [-0.2, 0) is 6.42 Å². The van der Waals surface area contributed by atoms with Gasteiger partial charge in [-0.3, -0.25) is 0 Å². The molecule has 1 N–H and O–H groups in total. The van der Waals surface area contributed by atoms with Gasteiger partial charge in [-0.2, -0.15) is 0 Å². The van der Waals surface area contributed by atoms with Crippen molar-refractivity contribution in [3.8, 4) is 0 Å². The van der Waals surface area contributed by atoms with Gasteiger partial charge in [0, 0.05) is 16.5 Å². The summed E-state index contributed by atoms with van der Waals surface area (Å²) in [5, 5.41) is 11.1. The minimum absolute atomic E-state index is 0.264. The fourth-order valence-corrected chi connectivity index (χ4v) is 2.76. The molecule has 2 rings (SSSR count). The fraction of sp³-hybridized carbons (Fsp3) is 0.143. The average molecular weight is 364 g/mol. The Kier molecular flexibility index (Phi) is 4.85. The molecule has 0 bridgehead atoms. The van der Waals surface area contributed by atoms with Gasteiger partial charge in [-0.15, -0.1) is 0 Å². The molecule has 19 heavy (non-hydrogen) atoms. The van der Waals surface area contributed by atoms with Gasteiger partial charge in [-0.05, 0) is 45.3 Å². The minimum atomic E-state index is -0.817. The van der Waals surface area contributed by atoms with Crippen LogP contribution in [0.4, 0.5) is 4.39 Å². The standard InChI is InChI=1S/C14H10BrCl2FO/c15-14-8(2-1-3-12(14)18)6-13(19)10-5-4-9(16)7-11(10)17/h1-5,7,13,19H,6H2. The zero-order valence-electron chi connectivity index (χ0n) is 9.71. The topological polar surface area (TPSA) is 20.2 Å². The summed E-state index contributed by atoms with van der Waals surface area (Å²) in [6.07, 6.45) is -0.553. The first-order valence-corrected chi connectivity index (χ1v) is 7.10. The predicted octanol–water partition coefficient (Wildman–Crippen LogP) is 5.17. The van der Waals surface area contributed by atoms with E-state index in [1.807, 2.05) is 0 Å². The van der Waals surface area contributed by atoms with Crippen molar-refractivity contribution in [1.29, 1.82) is 0 Å². The van der Waals surface area contributed by atoms with Crippen LogP contribution in [0.15, 0.2) is 40.9 Å². The van der Waals surface area contributed by atoms with Gasteiger partial charge in [0.05, 0.1) is 10.6 Å². The van der Waals surface area contributed by atoms with Gasteiger partial charge in [-0.1, -0.05) is 41.4 Å². The molecule has 0 aliphatic carbocycles. The highest BCUT2D eigenvalue weighted by atomic mass is 79.9. The lowest BCUT2D eigenvalue weighted by Gasteiger charge is -2.14. The second-order valence-electron chi connectivity index (χ2n) is 4.10. The highest BCUT2D eigenvalue weighted by Crippen LogP contribution is 2.30. The molecule has 100 valence electrons. The molecule has 0 aromatic heterocycles. The molecule has 1 atom stereocenters. The Bertz CT molecular complexity index is 604. The maximum absolute atomic E-state index is 13.4. The summed E-state index contributed by atoms with van der Waals surface area (Å²) in [7, 11) is 0. The van der Waals surface area contributed by atoms with Crippen LogP contribution in [0.2, 0.25) is 10.0 Å². The highest BCUT2D eigenvalue weighted by molar-refractivity contribution is 9.10. The highest BCUT2D eigenvalue weighted by Gasteiger charge is 2.15. The summed E-state index contributed by atoms with van der Waals surface area (Å²) in [6, 6.07) is 9.61. The van der Waals surface area contributed by atoms with Gasteiger partial charge in [0.1, 0.15) is 5.82 Å². The summed E-state index contributed by atoms with van der Waals surface area (Å²) >= 11 is 15.0. The first-order valence-electron chi connectivity index (χ1n) is 5.55. The minimum Gasteiger partial charge on any atom is -0.388 e. The second-order valence-corrected chi connectivity index (χ2v) is 5.74. The summed E-state index contributed by atoms with van der Waals surface area (Å²) in [5.41, 5.74) is 1.25. The molecule has 2 aromatic carbocycles. The van der Waals surface area contributed by atoms with E-state index in [-0.39, 0.29) is 12.2 Å². The van der Waals surface area contributed by atoms with E-state index in [0.717, 1.165) is 0 Å². The van der Waals surface area contributed by atoms with Gasteiger partial charge in [0.25, 0.3) is 0 Å². The Hall–Kier alpha value is -0.610. The van der Waals surface area contributed by atoms with Gasteiger partial charge in [0.2, 0.25) is 0 Å². The SMILES string of the molecule is OC(Cc1cccc(F)c1Br)c1ccc(Cl)cc1Cl. The van der Waals surface area contributed by atoms with Crippen molar-refractivity contribution in [3.63, 3.8) is 0 Å². The molecule has 1 nitrogen and oxygen atoms in total. The number of rotatable bonds is 3. The van der Waals surface area contributed by atoms with Crippen molar-refractivity contribution in [2.45, 2.75) is 12.5 Å². The van der Waals surface area contributed by atoms with Gasteiger partial charge < -0.3 is 5.11 Å². The predicted molar refractivity (Wildman–Crippen MR) is 79.2 cm³/mol. The number of hydrogen-bond donors (Lipinski definition) is 1. The van der Waals surface area contributed by atoms with Gasteiger partial charge in [-0.25, -0.2) is 4.39 Å². The van der Waals surface area contributed by atoms with Crippen LogP contribution < -0.4 is 0 Å². The van der Waals surface area contributed by atoms with Crippen molar-refractivity contribution in [2.24, 2.45) is 0 Å². The quantitative estimate of drug-likeness (QED) is 0.797. The molecule has 2 aromatic rings. The van der Waals surface area contributed by atoms with Crippen LogP contribution in [0.5, 0.6) is 0 Å². The van der Waals surface area contributed by atoms with Crippen molar-refractivity contribution < 1.29 is 9.50 Å². The zero-order chi connectivity index (χ0) is 14.0. The van der Waals surface area contributed by atoms with E-state index < -0.39 is 6.10 Å². The van der Waals surface area contributed by atoms with Crippen LogP contribution in [-0.4, -0.2) is 5.11 Å². The van der Waals surface area contributed by atoms with Crippen molar-refractivity contribution >= 4 is 39.1 Å². The molecule has 0 radical (unpaired) electrons. The Balaban J connectivity index is 2.25. The molecule has 0 fully saturated rings. The number of aliphatic hydroxyl groups excluding tert-OH is 1. The van der Waals surface area contributed by atoms with E-state index in [0.29, 0.717) is 25.6 Å². The third-order valence-electron chi connectivity index (χ3n) is 2.77. The summed E-state index contributed by atoms with van der Waals surface area (Å²) in [6.45, 7) is 0. The van der Waals surface area contributed by atoms with E-state index in [9.17, 15) is 9.50 Å². The Labute approximate surface area is 129 Å². The zero-order valence-corrected chi connectivity index (χ0v) is 12.8. The maximum Gasteiger partial charge on any atom is 0.137 e. The van der Waals surface area contributed by atoms with Crippen LogP contribution in [0.1, 0.15) is 17.2 Å². The molecule has 0 saturated heterocycles. The fourth-order valence-electron chi connectivity index (χ4n) is 1.80. The monoisotopic (exact) mass is 362 g/mol. The van der Waals surface area contributed by atoms with Gasteiger partial charge >= 0.3 is 0 Å². The second kappa shape index (κ2) is 6.23. The van der Waals surface area contributed by atoms with E-state index in [2.05, 4.69) is 15.9 Å². The van der Waals surface area contributed by atoms with E-state index in [4.69, 9.17) is 23.2 Å². The molecule has 1 unspecified atom stereocenters. The molecule has 0 aliphatic heterocycles. The normalized spacial score (nSPS) is 12.5. The average Bonchev–Trinajstić information content (AvgIpc) is 2.34. The molecular weight excluding hydrogens is 354 g/mol. The van der Waals surface area contributed by atoms with Crippen LogP contribution >= 0.6 is 39.1 Å². The smallest absolute Gasteiger partial charge is 0.137 e. The van der Waals surface area contributed by atoms with Crippen molar-refractivity contribution in [1.82, 2.24) is 0 Å². The molecule has 0 spiro atoms. The van der Waals surface area contributed by atoms with Crippen molar-refractivity contribution in [2.75, 3.05) is 0 Å². The first kappa shape index (κ1) is 14.8. The molecule has 0 amide bonds. The van der Waals surface area contributed by atoms with Crippen molar-refractivity contribution in [3.05, 3.63) is 67.9 Å². The van der Waals surface area contributed by atoms with Crippen LogP contribution in [0.3, 0.4) is 0 Å². The van der Waals surface area contributed by atoms with Crippen LogP contribution in [0.25, 0.3) is 0 Å². The van der Waals surface area contributed by atoms with E-state index in [1.165, 1.54) is 6.07 Å². The Morgan fingerprint density at radius 1 is 1.21 bits per heavy atom. The number of hydrogen-bond acceptors (Lipinski definition) is 1. The summed E-state index contributed by atoms with van der Waals surface area (Å²) in [5.74, 6) is -0.355. The number of benzene rings is 2. The Morgan fingerprint density at radius 3 is 2.63 bits per heavy atom. The summed E-state index contributed by atoms with van der Waals surface area (Å²) in [4.78, 5) is 0. The van der Waals surface area contributed by atoms with Crippen LogP contribution in [0, 0.1) is 5.82 Å². The molecular formula is C14H10BrCl2FO. The molecule has 0 aliphatic rings. The molecule has 0 heterocycles. The van der Waals surface area contributed by atoms with Gasteiger partial charge in [0.15, 0.2) is 0 Å². The number of halogens is 4. The first-order chi connectivity index (χ1) is 8.99. The lowest BCUT2D eigenvalue weighted by molar-refractivity contribution is 0.178. The summed E-state index contributed by atoms with van der Waals surface area (Å²) < 4.78 is 13.8. The third-order valence-corrected chi connectivity index (χ3v) is 4.22. The van der Waals surface area contributed by atoms with E-state index in [1.54, 1.807) is 30.3 Å². The lowest BCUT2D eigenvalue weighted by Crippen LogP contribution is -2.03. The molecule has 0 saturated carbocycles. The largest absolute Gasteiger partial charge is 0.388 e. The Morgan fingerprint density at radius 2 is 1.95 bits per heavy atom. The molecule has 5 heteroatoms. The van der Waals surface area contributed by atoms with E-state index >= 15 is 0 Å². The third kappa shape index (κ3) is 3.48. The lowest BCUT2D eigenvalue weighted by atomic mass is 10.0. The maximum atomic E-state index is 13.4.